The molecule has 1 heterocycles. The van der Waals surface area contributed by atoms with Crippen LogP contribution < -0.4 is 5.73 Å². The van der Waals surface area contributed by atoms with Gasteiger partial charge in [0.2, 0.25) is 5.91 Å². The number of phenols is 1. The van der Waals surface area contributed by atoms with Gasteiger partial charge in [0.15, 0.2) is 5.82 Å². The zero-order chi connectivity index (χ0) is 16.7. The van der Waals surface area contributed by atoms with Crippen molar-refractivity contribution in [2.24, 2.45) is 5.73 Å². The highest BCUT2D eigenvalue weighted by molar-refractivity contribution is 6.34. The molecule has 3 rings (SSSR count). The molecule has 0 aliphatic heterocycles. The summed E-state index contributed by atoms with van der Waals surface area (Å²) in [5.74, 6) is -2.88. The van der Waals surface area contributed by atoms with Crippen LogP contribution in [-0.4, -0.2) is 16.0 Å². The van der Waals surface area contributed by atoms with Crippen molar-refractivity contribution in [3.05, 3.63) is 58.7 Å². The number of halogens is 3. The van der Waals surface area contributed by atoms with Gasteiger partial charge >= 0.3 is 0 Å². The number of amides is 1. The molecule has 3 aromatic rings. The van der Waals surface area contributed by atoms with Crippen LogP contribution in [0.25, 0.3) is 22.0 Å². The monoisotopic (exact) mass is 334 g/mol. The fraction of sp³-hybridized carbons (Fsp3) is 0. The number of primary amides is 1. The van der Waals surface area contributed by atoms with E-state index >= 15 is 0 Å². The van der Waals surface area contributed by atoms with Crippen LogP contribution in [0.15, 0.2) is 36.5 Å². The van der Waals surface area contributed by atoms with Crippen LogP contribution in [0.3, 0.4) is 0 Å². The molecule has 0 aliphatic rings. The molecular formula is C16H9ClF2N2O2. The number of hydrogen-bond acceptors (Lipinski definition) is 3. The number of nitrogens with zero attached hydrogens (tertiary/aromatic N) is 1. The molecule has 0 saturated heterocycles. The molecule has 0 radical (unpaired) electrons. The molecule has 1 aromatic heterocycles. The Morgan fingerprint density at radius 2 is 1.96 bits per heavy atom. The molecular weight excluding hydrogens is 326 g/mol. The third kappa shape index (κ3) is 2.47. The molecule has 0 unspecified atom stereocenters. The fourth-order valence-electron chi connectivity index (χ4n) is 2.33. The number of pyridine rings is 1. The van der Waals surface area contributed by atoms with E-state index in [1.807, 2.05) is 0 Å². The summed E-state index contributed by atoms with van der Waals surface area (Å²) in [6, 6.07) is 6.27. The molecule has 116 valence electrons. The Kier molecular flexibility index (Phi) is 3.61. The van der Waals surface area contributed by atoms with Gasteiger partial charge in [-0.25, -0.2) is 8.78 Å². The molecule has 2 aromatic carbocycles. The maximum absolute atomic E-state index is 14.8. The second-order valence-corrected chi connectivity index (χ2v) is 5.25. The van der Waals surface area contributed by atoms with E-state index in [4.69, 9.17) is 17.3 Å². The molecule has 0 fully saturated rings. The lowest BCUT2D eigenvalue weighted by molar-refractivity contribution is 0.1000. The lowest BCUT2D eigenvalue weighted by Gasteiger charge is -2.12. The molecule has 0 bridgehead atoms. The van der Waals surface area contributed by atoms with Gasteiger partial charge in [0.05, 0.1) is 16.1 Å². The van der Waals surface area contributed by atoms with Crippen LogP contribution in [0.2, 0.25) is 5.02 Å². The van der Waals surface area contributed by atoms with Crippen molar-refractivity contribution in [1.82, 2.24) is 4.98 Å². The van der Waals surface area contributed by atoms with Crippen LogP contribution in [0, 0.1) is 11.6 Å². The van der Waals surface area contributed by atoms with Gasteiger partial charge in [0.1, 0.15) is 17.1 Å². The second kappa shape index (κ2) is 5.48. The third-order valence-electron chi connectivity index (χ3n) is 3.39. The summed E-state index contributed by atoms with van der Waals surface area (Å²) in [4.78, 5) is 15.0. The van der Waals surface area contributed by atoms with Gasteiger partial charge in [-0.05, 0) is 24.3 Å². The molecule has 3 N–H and O–H groups in total. The fourth-order valence-corrected chi connectivity index (χ4v) is 2.63. The van der Waals surface area contributed by atoms with Crippen LogP contribution in [-0.2, 0) is 0 Å². The van der Waals surface area contributed by atoms with Crippen molar-refractivity contribution in [3.8, 4) is 16.9 Å². The summed E-state index contributed by atoms with van der Waals surface area (Å²) in [6.07, 6.45) is 1.12. The van der Waals surface area contributed by atoms with Gasteiger partial charge in [-0.2, -0.15) is 0 Å². The Morgan fingerprint density at radius 3 is 2.61 bits per heavy atom. The highest BCUT2D eigenvalue weighted by Gasteiger charge is 2.21. The van der Waals surface area contributed by atoms with E-state index in [-0.39, 0.29) is 32.6 Å². The van der Waals surface area contributed by atoms with E-state index < -0.39 is 23.3 Å². The second-order valence-electron chi connectivity index (χ2n) is 4.84. The molecule has 4 nitrogen and oxygen atoms in total. The summed E-state index contributed by atoms with van der Waals surface area (Å²) in [6.45, 7) is 0. The van der Waals surface area contributed by atoms with Crippen LogP contribution >= 0.6 is 11.6 Å². The predicted octanol–water partition coefficient (Wildman–Crippen LogP) is 3.64. The molecule has 7 heteroatoms. The number of carbonyl (C=O) groups is 1. The number of carbonyl (C=O) groups excluding carboxylic acids is 1. The lowest BCUT2D eigenvalue weighted by atomic mass is 10.0. The minimum Gasteiger partial charge on any atom is -0.507 e. The zero-order valence-electron chi connectivity index (χ0n) is 11.5. The summed E-state index contributed by atoms with van der Waals surface area (Å²) in [7, 11) is 0. The van der Waals surface area contributed by atoms with E-state index in [0.717, 1.165) is 12.3 Å². The summed E-state index contributed by atoms with van der Waals surface area (Å²) >= 11 is 6.06. The highest BCUT2D eigenvalue weighted by Crippen LogP contribution is 2.40. The van der Waals surface area contributed by atoms with Crippen LogP contribution in [0.1, 0.15) is 10.4 Å². The van der Waals surface area contributed by atoms with Crippen molar-refractivity contribution < 1.29 is 18.7 Å². The summed E-state index contributed by atoms with van der Waals surface area (Å²) in [5.41, 5.74) is 4.48. The van der Waals surface area contributed by atoms with Gasteiger partial charge in [0, 0.05) is 17.1 Å². The van der Waals surface area contributed by atoms with Gasteiger partial charge in [-0.15, -0.1) is 0 Å². The number of phenolic OH excluding ortho intramolecular Hbond substituents is 1. The Morgan fingerprint density at radius 1 is 1.22 bits per heavy atom. The standard InChI is InChI=1S/C16H9ClF2N2O2/c17-9-5-7-4-8(16(20)23)6-21-15(7)14(19)12(9)13-10(18)2-1-3-11(13)22/h1-6,22H,(H2,20,23). The molecule has 23 heavy (non-hydrogen) atoms. The minimum atomic E-state index is -0.899. The average Bonchev–Trinajstić information content (AvgIpc) is 2.49. The van der Waals surface area contributed by atoms with Crippen LogP contribution in [0.5, 0.6) is 5.75 Å². The largest absolute Gasteiger partial charge is 0.507 e. The van der Waals surface area contributed by atoms with Gasteiger partial charge in [-0.3, -0.25) is 9.78 Å². The van der Waals surface area contributed by atoms with Crippen molar-refractivity contribution in [2.75, 3.05) is 0 Å². The van der Waals surface area contributed by atoms with Gasteiger partial charge in [-0.1, -0.05) is 17.7 Å². The SMILES string of the molecule is NC(=O)c1cnc2c(F)c(-c3c(O)cccc3F)c(Cl)cc2c1. The minimum absolute atomic E-state index is 0.0921. The van der Waals surface area contributed by atoms with Crippen LogP contribution in [0.4, 0.5) is 8.78 Å². The maximum Gasteiger partial charge on any atom is 0.250 e. The third-order valence-corrected chi connectivity index (χ3v) is 3.69. The quantitative estimate of drug-likeness (QED) is 0.751. The average molecular weight is 335 g/mol. The van der Waals surface area contributed by atoms with E-state index in [2.05, 4.69) is 4.98 Å². The Balaban J connectivity index is 2.36. The van der Waals surface area contributed by atoms with E-state index in [1.54, 1.807) is 0 Å². The first-order chi connectivity index (χ1) is 10.9. The first-order valence-electron chi connectivity index (χ1n) is 6.45. The number of aromatic nitrogens is 1. The number of nitrogens with two attached hydrogens (primary N) is 1. The molecule has 0 atom stereocenters. The first kappa shape index (κ1) is 15.2. The smallest absolute Gasteiger partial charge is 0.250 e. The summed E-state index contributed by atoms with van der Waals surface area (Å²) < 4.78 is 28.8. The van der Waals surface area contributed by atoms with Gasteiger partial charge in [0.25, 0.3) is 0 Å². The van der Waals surface area contributed by atoms with Gasteiger partial charge < -0.3 is 10.8 Å². The molecule has 0 saturated carbocycles. The maximum atomic E-state index is 14.8. The molecule has 0 spiro atoms. The van der Waals surface area contributed by atoms with E-state index in [0.29, 0.717) is 0 Å². The zero-order valence-corrected chi connectivity index (χ0v) is 12.2. The van der Waals surface area contributed by atoms with Crippen molar-refractivity contribution in [2.45, 2.75) is 0 Å². The Bertz CT molecular complexity index is 940. The summed E-state index contributed by atoms with van der Waals surface area (Å²) in [5, 5.41) is 9.95. The van der Waals surface area contributed by atoms with E-state index in [1.165, 1.54) is 24.3 Å². The van der Waals surface area contributed by atoms with Crippen molar-refractivity contribution in [1.29, 1.82) is 0 Å². The predicted molar refractivity (Wildman–Crippen MR) is 82.3 cm³/mol. The van der Waals surface area contributed by atoms with Crippen molar-refractivity contribution in [3.63, 3.8) is 0 Å². The highest BCUT2D eigenvalue weighted by atomic mass is 35.5. The van der Waals surface area contributed by atoms with E-state index in [9.17, 15) is 18.7 Å². The lowest BCUT2D eigenvalue weighted by Crippen LogP contribution is -2.11. The number of hydrogen-bond donors (Lipinski definition) is 2. The number of fused-ring (bicyclic) bond motifs is 1. The first-order valence-corrected chi connectivity index (χ1v) is 6.83. The normalized spacial score (nSPS) is 10.9. The Hall–Kier alpha value is -2.73. The topological polar surface area (TPSA) is 76.2 Å². The number of aromatic hydroxyl groups is 1. The number of benzene rings is 2. The number of rotatable bonds is 2. The molecule has 0 aliphatic carbocycles. The van der Waals surface area contributed by atoms with Crippen molar-refractivity contribution >= 4 is 28.4 Å². The Labute approximate surface area is 134 Å². The molecule has 1 amide bonds.